The van der Waals surface area contributed by atoms with Gasteiger partial charge in [0.1, 0.15) is 0 Å². The molecule has 0 unspecified atom stereocenters. The summed E-state index contributed by atoms with van der Waals surface area (Å²) < 4.78 is 0. The maximum atomic E-state index is 12.2. The molecule has 0 radical (unpaired) electrons. The maximum Gasteiger partial charge on any atom is 0.235 e. The molecule has 5 heteroatoms. The first-order valence-corrected chi connectivity index (χ1v) is 5.74. The molecule has 0 aliphatic heterocycles. The Labute approximate surface area is 94.4 Å². The summed E-state index contributed by atoms with van der Waals surface area (Å²) in [5.41, 5.74) is 5.05. The van der Waals surface area contributed by atoms with E-state index in [1.54, 1.807) is 4.90 Å². The summed E-state index contributed by atoms with van der Waals surface area (Å²) >= 11 is 4.95. The molecule has 2 saturated carbocycles. The van der Waals surface area contributed by atoms with Crippen LogP contribution in [0.2, 0.25) is 0 Å². The second kappa shape index (κ2) is 3.72. The Morgan fingerprint density at radius 2 is 2.13 bits per heavy atom. The van der Waals surface area contributed by atoms with E-state index in [1.165, 1.54) is 0 Å². The van der Waals surface area contributed by atoms with Crippen LogP contribution in [0.3, 0.4) is 0 Å². The van der Waals surface area contributed by atoms with Crippen molar-refractivity contribution in [3.05, 3.63) is 0 Å². The third kappa shape index (κ3) is 1.86. The summed E-state index contributed by atoms with van der Waals surface area (Å²) in [5, 5.41) is 8.93. The van der Waals surface area contributed by atoms with Crippen molar-refractivity contribution in [3.63, 3.8) is 0 Å². The number of aliphatic hydroxyl groups excluding tert-OH is 1. The van der Waals surface area contributed by atoms with Crippen molar-refractivity contribution in [2.45, 2.75) is 31.7 Å². The highest BCUT2D eigenvalue weighted by Crippen LogP contribution is 2.48. The van der Waals surface area contributed by atoms with E-state index in [-0.39, 0.29) is 12.5 Å². The van der Waals surface area contributed by atoms with Gasteiger partial charge in [0.15, 0.2) is 0 Å². The summed E-state index contributed by atoms with van der Waals surface area (Å²) in [4.78, 5) is 14.3. The number of amides is 1. The van der Waals surface area contributed by atoms with Crippen molar-refractivity contribution < 1.29 is 9.90 Å². The first-order valence-electron chi connectivity index (χ1n) is 5.33. The van der Waals surface area contributed by atoms with Gasteiger partial charge in [-0.1, -0.05) is 12.2 Å². The third-order valence-electron chi connectivity index (χ3n) is 3.22. The van der Waals surface area contributed by atoms with Gasteiger partial charge in [0.2, 0.25) is 5.91 Å². The first kappa shape index (κ1) is 10.8. The molecule has 0 heterocycles. The Bertz CT molecular complexity index is 298. The van der Waals surface area contributed by atoms with Crippen molar-refractivity contribution in [2.24, 2.45) is 11.1 Å². The summed E-state index contributed by atoms with van der Waals surface area (Å²) in [6.07, 6.45) is 3.63. The predicted octanol–water partition coefficient (Wildman–Crippen LogP) is 0.0360. The van der Waals surface area contributed by atoms with Crippen LogP contribution in [-0.2, 0) is 4.79 Å². The fraction of sp³-hybridized carbons (Fsp3) is 0.800. The van der Waals surface area contributed by atoms with Crippen LogP contribution in [0.1, 0.15) is 25.7 Å². The smallest absolute Gasteiger partial charge is 0.235 e. The maximum absolute atomic E-state index is 12.2. The van der Waals surface area contributed by atoms with Crippen LogP contribution in [-0.4, -0.2) is 40.1 Å². The van der Waals surface area contributed by atoms with Crippen LogP contribution in [0.4, 0.5) is 0 Å². The summed E-state index contributed by atoms with van der Waals surface area (Å²) in [6.45, 7) is 0.420. The molecule has 2 aliphatic rings. The SMILES string of the molecule is NC(=S)C1(C(=O)N(CCO)C2CC2)CC1. The van der Waals surface area contributed by atoms with E-state index >= 15 is 0 Å². The zero-order valence-electron chi connectivity index (χ0n) is 8.61. The lowest BCUT2D eigenvalue weighted by Crippen LogP contribution is -2.45. The van der Waals surface area contributed by atoms with Gasteiger partial charge in [0, 0.05) is 12.6 Å². The van der Waals surface area contributed by atoms with Gasteiger partial charge in [-0.3, -0.25) is 4.79 Å². The van der Waals surface area contributed by atoms with Gasteiger partial charge < -0.3 is 15.7 Å². The number of rotatable bonds is 5. The zero-order chi connectivity index (χ0) is 11.1. The second-order valence-corrected chi connectivity index (χ2v) is 4.84. The molecule has 0 bridgehead atoms. The Hall–Kier alpha value is -0.680. The van der Waals surface area contributed by atoms with Gasteiger partial charge in [-0.2, -0.15) is 0 Å². The molecule has 4 nitrogen and oxygen atoms in total. The molecule has 0 saturated heterocycles. The molecule has 0 spiro atoms. The molecular formula is C10H16N2O2S. The van der Waals surface area contributed by atoms with Crippen molar-refractivity contribution in [1.82, 2.24) is 4.90 Å². The topological polar surface area (TPSA) is 66.6 Å². The van der Waals surface area contributed by atoms with Crippen LogP contribution in [0.25, 0.3) is 0 Å². The standard InChI is InChI=1S/C10H16N2O2S/c11-8(15)10(3-4-10)9(14)12(5-6-13)7-1-2-7/h7,13H,1-6H2,(H2,11,15). The summed E-state index contributed by atoms with van der Waals surface area (Å²) in [5.74, 6) is 0.0338. The lowest BCUT2D eigenvalue weighted by molar-refractivity contribution is -0.135. The lowest BCUT2D eigenvalue weighted by Gasteiger charge is -2.26. The molecule has 1 amide bonds. The van der Waals surface area contributed by atoms with E-state index < -0.39 is 5.41 Å². The molecular weight excluding hydrogens is 212 g/mol. The van der Waals surface area contributed by atoms with E-state index in [9.17, 15) is 4.79 Å². The second-order valence-electron chi connectivity index (χ2n) is 4.40. The molecule has 2 rings (SSSR count). The number of thiocarbonyl (C=S) groups is 1. The Balaban J connectivity index is 2.07. The highest BCUT2D eigenvalue weighted by Gasteiger charge is 2.55. The van der Waals surface area contributed by atoms with Crippen LogP contribution >= 0.6 is 12.2 Å². The van der Waals surface area contributed by atoms with E-state index in [2.05, 4.69) is 0 Å². The van der Waals surface area contributed by atoms with E-state index in [1.807, 2.05) is 0 Å². The van der Waals surface area contributed by atoms with Gasteiger partial charge in [0.25, 0.3) is 0 Å². The summed E-state index contributed by atoms with van der Waals surface area (Å²) in [6, 6.07) is 0.316. The Kier molecular flexibility index (Phi) is 2.68. The minimum absolute atomic E-state index is 0.00958. The molecule has 2 fully saturated rings. The van der Waals surface area contributed by atoms with E-state index in [4.69, 9.17) is 23.1 Å². The molecule has 0 aromatic rings. The van der Waals surface area contributed by atoms with Crippen LogP contribution < -0.4 is 5.73 Å². The van der Waals surface area contributed by atoms with E-state index in [0.29, 0.717) is 17.6 Å². The molecule has 2 aliphatic carbocycles. The average molecular weight is 228 g/mol. The molecule has 0 aromatic carbocycles. The highest BCUT2D eigenvalue weighted by atomic mass is 32.1. The Morgan fingerprint density at radius 1 is 1.53 bits per heavy atom. The van der Waals surface area contributed by atoms with Gasteiger partial charge in [-0.25, -0.2) is 0 Å². The largest absolute Gasteiger partial charge is 0.395 e. The minimum Gasteiger partial charge on any atom is -0.395 e. The van der Waals surface area contributed by atoms with Crippen molar-refractivity contribution >= 4 is 23.1 Å². The lowest BCUT2D eigenvalue weighted by atomic mass is 10.1. The molecule has 84 valence electrons. The fourth-order valence-corrected chi connectivity index (χ4v) is 2.20. The number of hydrogen-bond donors (Lipinski definition) is 2. The average Bonchev–Trinajstić information content (AvgIpc) is 3.04. The van der Waals surface area contributed by atoms with E-state index in [0.717, 1.165) is 25.7 Å². The quantitative estimate of drug-likeness (QED) is 0.652. The van der Waals surface area contributed by atoms with Crippen LogP contribution in [0, 0.1) is 5.41 Å². The van der Waals surface area contributed by atoms with Crippen molar-refractivity contribution in [3.8, 4) is 0 Å². The van der Waals surface area contributed by atoms with Gasteiger partial charge >= 0.3 is 0 Å². The molecule has 3 N–H and O–H groups in total. The fourth-order valence-electron chi connectivity index (χ4n) is 1.91. The third-order valence-corrected chi connectivity index (χ3v) is 3.61. The predicted molar refractivity (Wildman–Crippen MR) is 60.3 cm³/mol. The van der Waals surface area contributed by atoms with Gasteiger partial charge in [0.05, 0.1) is 17.0 Å². The molecule has 15 heavy (non-hydrogen) atoms. The van der Waals surface area contributed by atoms with Gasteiger partial charge in [-0.15, -0.1) is 0 Å². The van der Waals surface area contributed by atoms with Gasteiger partial charge in [-0.05, 0) is 25.7 Å². The molecule has 0 aromatic heterocycles. The number of aliphatic hydroxyl groups is 1. The number of carbonyl (C=O) groups excluding carboxylic acids is 1. The number of hydrogen-bond acceptors (Lipinski definition) is 3. The van der Waals surface area contributed by atoms with Crippen molar-refractivity contribution in [2.75, 3.05) is 13.2 Å². The normalized spacial score (nSPS) is 22.2. The molecule has 0 atom stereocenters. The highest BCUT2D eigenvalue weighted by molar-refractivity contribution is 7.80. The van der Waals surface area contributed by atoms with Crippen LogP contribution in [0.15, 0.2) is 0 Å². The number of nitrogens with two attached hydrogens (primary N) is 1. The number of nitrogens with zero attached hydrogens (tertiary/aromatic N) is 1. The van der Waals surface area contributed by atoms with Crippen molar-refractivity contribution in [1.29, 1.82) is 0 Å². The summed E-state index contributed by atoms with van der Waals surface area (Å²) in [7, 11) is 0. The van der Waals surface area contributed by atoms with Crippen LogP contribution in [0.5, 0.6) is 0 Å². The monoisotopic (exact) mass is 228 g/mol. The number of carbonyl (C=O) groups is 1. The first-order chi connectivity index (χ1) is 7.12. The Morgan fingerprint density at radius 3 is 2.47 bits per heavy atom. The zero-order valence-corrected chi connectivity index (χ0v) is 9.42. The minimum atomic E-state index is -0.562.